The Morgan fingerprint density at radius 1 is 0.964 bits per heavy atom. The molecule has 1 N–H and O–H groups in total. The number of thioether (sulfide) groups is 1. The fraction of sp³-hybridized carbons (Fsp3) is 0.0500. The molecular formula is C20H16ClN5OS. The second kappa shape index (κ2) is 8.33. The highest BCUT2D eigenvalue weighted by Crippen LogP contribution is 2.24. The monoisotopic (exact) mass is 409 g/mol. The molecule has 2 aromatic carbocycles. The predicted octanol–water partition coefficient (Wildman–Crippen LogP) is 4.44. The Balaban J connectivity index is 1.54. The first-order valence-corrected chi connectivity index (χ1v) is 9.90. The number of nitrogens with zero attached hydrogens (tertiary/aromatic N) is 4. The lowest BCUT2D eigenvalue weighted by Gasteiger charge is -2.11. The van der Waals surface area contributed by atoms with Crippen molar-refractivity contribution < 1.29 is 4.79 Å². The van der Waals surface area contributed by atoms with Gasteiger partial charge in [0.25, 0.3) is 0 Å². The number of rotatable bonds is 6. The zero-order chi connectivity index (χ0) is 19.3. The van der Waals surface area contributed by atoms with Crippen LogP contribution in [0.3, 0.4) is 0 Å². The largest absolute Gasteiger partial charge is 0.325 e. The Morgan fingerprint density at radius 3 is 2.39 bits per heavy atom. The number of carbonyl (C=O) groups is 1. The number of hydrogen-bond donors (Lipinski definition) is 1. The van der Waals surface area contributed by atoms with E-state index in [0.717, 1.165) is 5.56 Å². The Kier molecular flexibility index (Phi) is 5.45. The molecule has 0 aliphatic rings. The highest BCUT2D eigenvalue weighted by molar-refractivity contribution is 7.99. The number of carbonyl (C=O) groups excluding carboxylic acids is 1. The SMILES string of the molecule is O=C(CSc1nnc(-c2ccccc2)n1-n1cccc1)Nc1ccc(Cl)cc1. The first kappa shape index (κ1) is 18.3. The molecule has 0 saturated heterocycles. The van der Waals surface area contributed by atoms with Gasteiger partial charge < -0.3 is 5.32 Å². The van der Waals surface area contributed by atoms with Crippen LogP contribution in [0.5, 0.6) is 0 Å². The molecule has 6 nitrogen and oxygen atoms in total. The minimum Gasteiger partial charge on any atom is -0.325 e. The van der Waals surface area contributed by atoms with Gasteiger partial charge in [0.15, 0.2) is 5.82 Å². The normalized spacial score (nSPS) is 10.8. The minimum atomic E-state index is -0.129. The molecule has 0 bridgehead atoms. The summed E-state index contributed by atoms with van der Waals surface area (Å²) in [6.45, 7) is 0. The summed E-state index contributed by atoms with van der Waals surface area (Å²) in [7, 11) is 0. The average Bonchev–Trinajstić information content (AvgIpc) is 3.38. The Morgan fingerprint density at radius 2 is 1.68 bits per heavy atom. The topological polar surface area (TPSA) is 64.7 Å². The summed E-state index contributed by atoms with van der Waals surface area (Å²) in [5.74, 6) is 0.782. The summed E-state index contributed by atoms with van der Waals surface area (Å²) in [6, 6.07) is 20.7. The van der Waals surface area contributed by atoms with Crippen LogP contribution in [0.4, 0.5) is 5.69 Å². The zero-order valence-electron chi connectivity index (χ0n) is 14.7. The molecule has 0 spiro atoms. The van der Waals surface area contributed by atoms with Crippen LogP contribution >= 0.6 is 23.4 Å². The summed E-state index contributed by atoms with van der Waals surface area (Å²) in [5, 5.41) is 12.7. The van der Waals surface area contributed by atoms with Crippen molar-refractivity contribution in [2.45, 2.75) is 5.16 Å². The highest BCUT2D eigenvalue weighted by atomic mass is 35.5. The molecule has 2 aromatic heterocycles. The van der Waals surface area contributed by atoms with Crippen molar-refractivity contribution in [1.82, 2.24) is 19.5 Å². The minimum absolute atomic E-state index is 0.129. The number of amides is 1. The van der Waals surface area contributed by atoms with Crippen LogP contribution in [-0.2, 0) is 4.79 Å². The van der Waals surface area contributed by atoms with Gasteiger partial charge in [0, 0.05) is 28.7 Å². The van der Waals surface area contributed by atoms with Crippen LogP contribution in [0.2, 0.25) is 5.02 Å². The molecule has 0 aliphatic heterocycles. The molecule has 1 amide bonds. The Bertz CT molecular complexity index is 1060. The van der Waals surface area contributed by atoms with Gasteiger partial charge in [-0.1, -0.05) is 53.7 Å². The molecule has 0 radical (unpaired) electrons. The van der Waals surface area contributed by atoms with Crippen LogP contribution in [0, 0.1) is 0 Å². The van der Waals surface area contributed by atoms with E-state index in [0.29, 0.717) is 21.7 Å². The summed E-state index contributed by atoms with van der Waals surface area (Å²) in [5.41, 5.74) is 1.65. The maximum Gasteiger partial charge on any atom is 0.234 e. The van der Waals surface area contributed by atoms with Crippen molar-refractivity contribution in [2.24, 2.45) is 0 Å². The standard InChI is InChI=1S/C20H16ClN5OS/c21-16-8-10-17(11-9-16)22-18(27)14-28-20-24-23-19(15-6-2-1-3-7-15)26(20)25-12-4-5-13-25/h1-13H,14H2,(H,22,27). The highest BCUT2D eigenvalue weighted by Gasteiger charge is 2.16. The van der Waals surface area contributed by atoms with Gasteiger partial charge in [-0.05, 0) is 36.4 Å². The van der Waals surface area contributed by atoms with E-state index in [9.17, 15) is 4.79 Å². The summed E-state index contributed by atoms with van der Waals surface area (Å²) < 4.78 is 3.78. The molecule has 2 heterocycles. The van der Waals surface area contributed by atoms with E-state index in [1.54, 1.807) is 24.3 Å². The summed E-state index contributed by atoms with van der Waals surface area (Å²) in [4.78, 5) is 12.3. The number of benzene rings is 2. The van der Waals surface area contributed by atoms with E-state index < -0.39 is 0 Å². The third-order valence-corrected chi connectivity index (χ3v) is 5.10. The molecule has 0 fully saturated rings. The lowest BCUT2D eigenvalue weighted by Crippen LogP contribution is -2.15. The fourth-order valence-corrected chi connectivity index (χ4v) is 3.51. The van der Waals surface area contributed by atoms with Crippen molar-refractivity contribution in [3.05, 3.63) is 84.1 Å². The van der Waals surface area contributed by atoms with E-state index in [4.69, 9.17) is 11.6 Å². The van der Waals surface area contributed by atoms with E-state index in [-0.39, 0.29) is 11.7 Å². The number of aromatic nitrogens is 4. The van der Waals surface area contributed by atoms with Crippen LogP contribution < -0.4 is 5.32 Å². The Labute approximate surface area is 171 Å². The van der Waals surface area contributed by atoms with Gasteiger partial charge in [-0.15, -0.1) is 10.2 Å². The number of anilines is 1. The summed E-state index contributed by atoms with van der Waals surface area (Å²) >= 11 is 7.19. The first-order chi connectivity index (χ1) is 13.7. The fourth-order valence-electron chi connectivity index (χ4n) is 2.65. The molecule has 4 aromatic rings. The van der Waals surface area contributed by atoms with Gasteiger partial charge in [0.05, 0.1) is 5.75 Å². The number of halogens is 1. The third-order valence-electron chi connectivity index (χ3n) is 3.92. The van der Waals surface area contributed by atoms with Gasteiger partial charge in [0.2, 0.25) is 11.1 Å². The van der Waals surface area contributed by atoms with E-state index >= 15 is 0 Å². The van der Waals surface area contributed by atoms with E-state index in [1.807, 2.05) is 64.2 Å². The number of hydrogen-bond acceptors (Lipinski definition) is 4. The molecule has 0 saturated carbocycles. The van der Waals surface area contributed by atoms with Crippen molar-refractivity contribution >= 4 is 35.0 Å². The van der Waals surface area contributed by atoms with Gasteiger partial charge in [0.1, 0.15) is 0 Å². The molecule has 0 unspecified atom stereocenters. The maximum absolute atomic E-state index is 12.3. The second-order valence-electron chi connectivity index (χ2n) is 5.89. The Hall–Kier alpha value is -3.03. The van der Waals surface area contributed by atoms with Crippen LogP contribution in [-0.4, -0.2) is 31.2 Å². The molecule has 4 rings (SSSR count). The smallest absolute Gasteiger partial charge is 0.234 e. The van der Waals surface area contributed by atoms with Crippen molar-refractivity contribution in [1.29, 1.82) is 0 Å². The molecule has 140 valence electrons. The lowest BCUT2D eigenvalue weighted by atomic mass is 10.2. The maximum atomic E-state index is 12.3. The van der Waals surface area contributed by atoms with E-state index in [1.165, 1.54) is 11.8 Å². The lowest BCUT2D eigenvalue weighted by molar-refractivity contribution is -0.113. The van der Waals surface area contributed by atoms with Crippen LogP contribution in [0.15, 0.2) is 84.3 Å². The number of nitrogens with one attached hydrogen (secondary N) is 1. The molecule has 28 heavy (non-hydrogen) atoms. The van der Waals surface area contributed by atoms with E-state index in [2.05, 4.69) is 15.5 Å². The zero-order valence-corrected chi connectivity index (χ0v) is 16.3. The summed E-state index contributed by atoms with van der Waals surface area (Å²) in [6.07, 6.45) is 3.82. The first-order valence-electron chi connectivity index (χ1n) is 8.53. The molecular weight excluding hydrogens is 394 g/mol. The van der Waals surface area contributed by atoms with Gasteiger partial charge >= 0.3 is 0 Å². The molecule has 8 heteroatoms. The average molecular weight is 410 g/mol. The molecule has 0 atom stereocenters. The predicted molar refractivity (Wildman–Crippen MR) is 111 cm³/mol. The van der Waals surface area contributed by atoms with Crippen LogP contribution in [0.25, 0.3) is 11.4 Å². The quantitative estimate of drug-likeness (QED) is 0.478. The van der Waals surface area contributed by atoms with Crippen molar-refractivity contribution in [2.75, 3.05) is 11.1 Å². The van der Waals surface area contributed by atoms with Gasteiger partial charge in [-0.3, -0.25) is 9.47 Å². The van der Waals surface area contributed by atoms with Gasteiger partial charge in [-0.25, -0.2) is 4.68 Å². The van der Waals surface area contributed by atoms with Crippen LogP contribution in [0.1, 0.15) is 0 Å². The molecule has 0 aliphatic carbocycles. The van der Waals surface area contributed by atoms with Crippen molar-refractivity contribution in [3.8, 4) is 11.4 Å². The van der Waals surface area contributed by atoms with Crippen molar-refractivity contribution in [3.63, 3.8) is 0 Å². The van der Waals surface area contributed by atoms with Gasteiger partial charge in [-0.2, -0.15) is 0 Å². The third kappa shape index (κ3) is 4.11. The second-order valence-corrected chi connectivity index (χ2v) is 7.27.